The third-order valence-corrected chi connectivity index (χ3v) is 17.3. The molecule has 8 aromatic carbocycles. The van der Waals surface area contributed by atoms with Crippen molar-refractivity contribution in [3.63, 3.8) is 0 Å². The van der Waals surface area contributed by atoms with Crippen molar-refractivity contribution in [3.05, 3.63) is 211 Å². The third kappa shape index (κ3) is 4.73. The molecule has 0 radical (unpaired) electrons. The molecule has 4 heteroatoms. The highest BCUT2D eigenvalue weighted by atomic mass is 28.3. The second-order valence-electron chi connectivity index (χ2n) is 15.5. The number of furan rings is 1. The van der Waals surface area contributed by atoms with Gasteiger partial charge in [-0.25, -0.2) is 0 Å². The van der Waals surface area contributed by atoms with Gasteiger partial charge in [-0.05, 0) is 82.1 Å². The van der Waals surface area contributed by atoms with Crippen molar-refractivity contribution in [2.24, 2.45) is 0 Å². The van der Waals surface area contributed by atoms with E-state index in [0.29, 0.717) is 0 Å². The predicted molar refractivity (Wildman–Crippen MR) is 246 cm³/mol. The topological polar surface area (TPSA) is 23.0 Å². The molecule has 11 aromatic rings. The van der Waals surface area contributed by atoms with E-state index in [-0.39, 0.29) is 0 Å². The Labute approximate surface area is 337 Å². The largest absolute Gasteiger partial charge is 0.454 e. The molecule has 274 valence electrons. The minimum absolute atomic E-state index is 0.920. The second-order valence-corrected chi connectivity index (χ2v) is 19.3. The first kappa shape index (κ1) is 33.0. The molecule has 3 aromatic heterocycles. The van der Waals surface area contributed by atoms with Crippen molar-refractivity contribution in [3.8, 4) is 11.4 Å². The second kappa shape index (κ2) is 13.0. The number of fused-ring (bicyclic) bond motifs is 10. The lowest BCUT2D eigenvalue weighted by Crippen LogP contribution is -2.74. The normalized spacial score (nSPS) is 13.0. The van der Waals surface area contributed by atoms with Crippen LogP contribution in [-0.2, 0) is 6.42 Å². The van der Waals surface area contributed by atoms with Gasteiger partial charge in [-0.15, -0.1) is 0 Å². The molecule has 0 spiro atoms. The summed E-state index contributed by atoms with van der Waals surface area (Å²) >= 11 is 0. The van der Waals surface area contributed by atoms with Gasteiger partial charge in [0.05, 0.1) is 16.6 Å². The van der Waals surface area contributed by atoms with E-state index < -0.39 is 8.07 Å². The fourth-order valence-corrected chi connectivity index (χ4v) is 14.9. The van der Waals surface area contributed by atoms with E-state index in [2.05, 4.69) is 215 Å². The number of aromatic nitrogens is 2. The van der Waals surface area contributed by atoms with Crippen LogP contribution in [-0.4, -0.2) is 17.2 Å². The van der Waals surface area contributed by atoms with E-state index in [1.807, 2.05) is 0 Å². The molecule has 58 heavy (non-hydrogen) atoms. The molecular formula is C54H38N2OSi. The van der Waals surface area contributed by atoms with Gasteiger partial charge >= 0.3 is 0 Å². The number of para-hydroxylation sites is 3. The Morgan fingerprint density at radius 2 is 1.05 bits per heavy atom. The minimum atomic E-state index is -2.96. The minimum Gasteiger partial charge on any atom is -0.454 e. The molecule has 3 nitrogen and oxygen atoms in total. The molecule has 0 N–H and O–H groups in total. The van der Waals surface area contributed by atoms with Crippen LogP contribution in [0.15, 0.2) is 205 Å². The summed E-state index contributed by atoms with van der Waals surface area (Å²) in [4.78, 5) is 0. The zero-order valence-electron chi connectivity index (χ0n) is 31.8. The van der Waals surface area contributed by atoms with Crippen LogP contribution >= 0.6 is 0 Å². The molecule has 0 unspecified atom stereocenters. The van der Waals surface area contributed by atoms with E-state index >= 15 is 0 Å². The standard InChI is InChI=1S/C54H38N2OSi/c1-4-17-37(18-5-1)55-49-28-13-11-26-44(49)48-36-42(31-34-51(48)55)58(39-20-6-2-7-21-39,40-22-8-3-9-23-40)41-24-16-19-38(35-41)56-50-29-14-10-25-43(50)46-32-33-47-45-27-12-15-30-52(45)57-54(47)53(46)56/h1-13,15-28,30-36H,14,29H2. The number of rotatable bonds is 6. The summed E-state index contributed by atoms with van der Waals surface area (Å²) in [5, 5.41) is 11.5. The summed E-state index contributed by atoms with van der Waals surface area (Å²) in [5.41, 5.74) is 10.4. The van der Waals surface area contributed by atoms with Crippen LogP contribution in [0.3, 0.4) is 0 Å². The van der Waals surface area contributed by atoms with Crippen molar-refractivity contribution in [1.82, 2.24) is 9.13 Å². The van der Waals surface area contributed by atoms with Crippen molar-refractivity contribution in [1.29, 1.82) is 0 Å². The number of allylic oxidation sites excluding steroid dienone is 1. The molecular weight excluding hydrogens is 721 g/mol. The first-order valence-corrected chi connectivity index (χ1v) is 22.2. The van der Waals surface area contributed by atoms with Gasteiger partial charge < -0.3 is 13.6 Å². The first-order valence-electron chi connectivity index (χ1n) is 20.2. The Balaban J connectivity index is 1.17. The lowest BCUT2D eigenvalue weighted by molar-refractivity contribution is 0.670. The molecule has 0 saturated heterocycles. The van der Waals surface area contributed by atoms with Gasteiger partial charge in [0.2, 0.25) is 0 Å². The van der Waals surface area contributed by atoms with Crippen molar-refractivity contribution in [2.75, 3.05) is 0 Å². The predicted octanol–water partition coefficient (Wildman–Crippen LogP) is 11.0. The summed E-state index contributed by atoms with van der Waals surface area (Å²) in [7, 11) is -2.96. The Morgan fingerprint density at radius 3 is 1.84 bits per heavy atom. The Hall–Kier alpha value is -7.14. The zero-order valence-corrected chi connectivity index (χ0v) is 32.8. The van der Waals surface area contributed by atoms with E-state index in [0.717, 1.165) is 46.0 Å². The van der Waals surface area contributed by atoms with Gasteiger partial charge in [-0.2, -0.15) is 0 Å². The first-order chi connectivity index (χ1) is 28.8. The molecule has 1 aliphatic rings. The molecule has 3 heterocycles. The van der Waals surface area contributed by atoms with Gasteiger partial charge in [0.15, 0.2) is 13.7 Å². The fourth-order valence-electron chi connectivity index (χ4n) is 10.1. The molecule has 0 aliphatic heterocycles. The van der Waals surface area contributed by atoms with E-state index in [9.17, 15) is 0 Å². The lowest BCUT2D eigenvalue weighted by atomic mass is 10.0. The van der Waals surface area contributed by atoms with E-state index in [1.165, 1.54) is 64.9 Å². The maximum absolute atomic E-state index is 6.78. The van der Waals surface area contributed by atoms with Crippen LogP contribution in [0, 0.1) is 0 Å². The Bertz CT molecular complexity index is 3350. The Morgan fingerprint density at radius 1 is 0.431 bits per heavy atom. The molecule has 0 bridgehead atoms. The fraction of sp³-hybridized carbons (Fsp3) is 0.0370. The molecule has 0 atom stereocenters. The van der Waals surface area contributed by atoms with Crippen LogP contribution in [0.4, 0.5) is 0 Å². The van der Waals surface area contributed by atoms with Crippen LogP contribution in [0.5, 0.6) is 0 Å². The van der Waals surface area contributed by atoms with Crippen molar-refractivity contribution >= 4 is 89.5 Å². The number of nitrogens with zero attached hydrogens (tertiary/aromatic N) is 2. The number of hydrogen-bond acceptors (Lipinski definition) is 1. The van der Waals surface area contributed by atoms with Crippen LogP contribution in [0.1, 0.15) is 17.7 Å². The van der Waals surface area contributed by atoms with E-state index in [1.54, 1.807) is 0 Å². The summed E-state index contributed by atoms with van der Waals surface area (Å²) in [6.07, 6.45) is 6.62. The average molecular weight is 759 g/mol. The maximum atomic E-state index is 6.78. The molecule has 12 rings (SSSR count). The highest BCUT2D eigenvalue weighted by Gasteiger charge is 2.42. The van der Waals surface area contributed by atoms with Gasteiger partial charge in [0.1, 0.15) is 5.58 Å². The molecule has 0 amide bonds. The Kier molecular flexibility index (Phi) is 7.38. The zero-order chi connectivity index (χ0) is 38.2. The molecule has 0 fully saturated rings. The molecule has 0 saturated carbocycles. The summed E-state index contributed by atoms with van der Waals surface area (Å²) < 4.78 is 11.7. The molecule has 1 aliphatic carbocycles. The number of hydrogen-bond donors (Lipinski definition) is 0. The highest BCUT2D eigenvalue weighted by Crippen LogP contribution is 2.41. The monoisotopic (exact) mass is 758 g/mol. The van der Waals surface area contributed by atoms with Crippen molar-refractivity contribution < 1.29 is 4.42 Å². The average Bonchev–Trinajstić information content (AvgIpc) is 3.96. The van der Waals surface area contributed by atoms with Gasteiger partial charge in [-0.1, -0.05) is 158 Å². The van der Waals surface area contributed by atoms with Gasteiger partial charge in [0.25, 0.3) is 0 Å². The van der Waals surface area contributed by atoms with Gasteiger partial charge in [-0.3, -0.25) is 0 Å². The maximum Gasteiger partial charge on any atom is 0.179 e. The van der Waals surface area contributed by atoms with Crippen molar-refractivity contribution in [2.45, 2.75) is 12.8 Å². The van der Waals surface area contributed by atoms with Crippen LogP contribution in [0.25, 0.3) is 72.1 Å². The quantitative estimate of drug-likeness (QED) is 0.122. The van der Waals surface area contributed by atoms with E-state index in [4.69, 9.17) is 4.42 Å². The van der Waals surface area contributed by atoms with Gasteiger partial charge in [0, 0.05) is 49.6 Å². The van der Waals surface area contributed by atoms with Crippen LogP contribution in [0.2, 0.25) is 0 Å². The smallest absolute Gasteiger partial charge is 0.179 e. The highest BCUT2D eigenvalue weighted by molar-refractivity contribution is 7.20. The van der Waals surface area contributed by atoms with Crippen LogP contribution < -0.4 is 20.7 Å². The SMILES string of the molecule is C1=Cc2c(n(-c3cccc([Si](c4ccccc4)(c4ccccc4)c4ccc5c(c4)c4ccccc4n5-c4ccccc4)c3)c3c2ccc2c4ccccc4oc23)CC1. The summed E-state index contributed by atoms with van der Waals surface area (Å²) in [5.74, 6) is 0. The summed E-state index contributed by atoms with van der Waals surface area (Å²) in [6.45, 7) is 0. The lowest BCUT2D eigenvalue weighted by Gasteiger charge is -2.35. The number of benzene rings is 8. The summed E-state index contributed by atoms with van der Waals surface area (Å²) in [6, 6.07) is 72.0. The third-order valence-electron chi connectivity index (χ3n) is 12.5.